The van der Waals surface area contributed by atoms with Crippen LogP contribution in [0.4, 0.5) is 11.5 Å². The summed E-state index contributed by atoms with van der Waals surface area (Å²) < 4.78 is 13.4. The lowest BCUT2D eigenvalue weighted by Crippen LogP contribution is -2.36. The van der Waals surface area contributed by atoms with Gasteiger partial charge in [-0.2, -0.15) is 5.10 Å². The molecule has 3 aliphatic heterocycles. The molecule has 0 amide bonds. The molecule has 0 bridgehead atoms. The minimum absolute atomic E-state index is 0.00675. The summed E-state index contributed by atoms with van der Waals surface area (Å²) in [6.45, 7) is 12.9. The van der Waals surface area contributed by atoms with Gasteiger partial charge in [-0.05, 0) is 107 Å². The number of aromatic nitrogens is 3. The third kappa shape index (κ3) is 7.99. The zero-order valence-corrected chi connectivity index (χ0v) is 26.6. The fourth-order valence-electron chi connectivity index (χ4n) is 6.77. The Bertz CT molecular complexity index is 1400. The lowest BCUT2D eigenvalue weighted by Gasteiger charge is -2.31. The lowest BCUT2D eigenvalue weighted by atomic mass is 9.93. The molecule has 2 atom stereocenters. The summed E-state index contributed by atoms with van der Waals surface area (Å²) in [5.41, 5.74) is 5.32. The average Bonchev–Trinajstić information content (AvgIpc) is 3.72. The van der Waals surface area contributed by atoms with Gasteiger partial charge < -0.3 is 24.6 Å². The van der Waals surface area contributed by atoms with Gasteiger partial charge in [-0.3, -0.25) is 4.79 Å². The van der Waals surface area contributed by atoms with Gasteiger partial charge in [-0.25, -0.2) is 9.67 Å². The Kier molecular flexibility index (Phi) is 9.52. The predicted octanol–water partition coefficient (Wildman–Crippen LogP) is 5.23. The van der Waals surface area contributed by atoms with E-state index < -0.39 is 5.60 Å². The molecule has 6 rings (SSSR count). The minimum Gasteiger partial charge on any atom is -0.460 e. The van der Waals surface area contributed by atoms with Gasteiger partial charge in [0, 0.05) is 62.4 Å². The molecule has 0 spiro atoms. The maximum atomic E-state index is 13.2. The van der Waals surface area contributed by atoms with E-state index in [2.05, 4.69) is 50.5 Å². The number of hydrogen-bond donors (Lipinski definition) is 1. The molecule has 236 valence electrons. The number of nitrogens with one attached hydrogen (secondary N) is 1. The fraction of sp³-hybridized carbons (Fsp3) is 0.571. The zero-order chi connectivity index (χ0) is 30.5. The number of nitrogens with zero attached hydrogens (tertiary/aromatic N) is 5. The van der Waals surface area contributed by atoms with E-state index in [1.807, 2.05) is 37.7 Å². The van der Waals surface area contributed by atoms with Crippen molar-refractivity contribution in [3.8, 4) is 5.69 Å². The second-order valence-corrected chi connectivity index (χ2v) is 13.6. The number of carbonyl (C=O) groups is 1. The van der Waals surface area contributed by atoms with Crippen molar-refractivity contribution in [2.45, 2.75) is 70.8 Å². The molecule has 44 heavy (non-hydrogen) atoms. The van der Waals surface area contributed by atoms with E-state index in [1.54, 1.807) is 6.20 Å². The second kappa shape index (κ2) is 13.7. The summed E-state index contributed by atoms with van der Waals surface area (Å²) in [6.07, 6.45) is 9.74. The SMILES string of the molecule is CC(C)(C)OC(=O)CC(CN1CCC(CCc2ccc3c(n2)NCCC3)C1)c1cc(N2CCOCC2)cc(-n2cccn2)c1. The summed E-state index contributed by atoms with van der Waals surface area (Å²) in [5.74, 6) is 1.57. The highest BCUT2D eigenvalue weighted by atomic mass is 16.6. The number of aryl methyl sites for hydroxylation is 2. The number of anilines is 2. The highest BCUT2D eigenvalue weighted by Gasteiger charge is 2.29. The quantitative estimate of drug-likeness (QED) is 0.317. The summed E-state index contributed by atoms with van der Waals surface area (Å²) in [5, 5.41) is 8.00. The number of ether oxygens (including phenoxy) is 2. The van der Waals surface area contributed by atoms with Gasteiger partial charge in [0.05, 0.1) is 25.3 Å². The molecule has 2 fully saturated rings. The third-order valence-corrected chi connectivity index (χ3v) is 8.98. The number of likely N-dealkylation sites (tertiary alicyclic amines) is 1. The van der Waals surface area contributed by atoms with Crippen LogP contribution in [0.1, 0.15) is 69.2 Å². The average molecular weight is 601 g/mol. The van der Waals surface area contributed by atoms with Crippen molar-refractivity contribution in [2.75, 3.05) is 62.7 Å². The first-order chi connectivity index (χ1) is 21.3. The van der Waals surface area contributed by atoms with E-state index in [0.29, 0.717) is 12.3 Å². The van der Waals surface area contributed by atoms with Crippen molar-refractivity contribution in [3.63, 3.8) is 0 Å². The minimum atomic E-state index is -0.517. The molecule has 2 aromatic heterocycles. The molecule has 3 aromatic rings. The highest BCUT2D eigenvalue weighted by Crippen LogP contribution is 2.32. The van der Waals surface area contributed by atoms with E-state index >= 15 is 0 Å². The van der Waals surface area contributed by atoms with Gasteiger partial charge in [-0.15, -0.1) is 0 Å². The van der Waals surface area contributed by atoms with Gasteiger partial charge in [0.2, 0.25) is 0 Å². The molecule has 1 N–H and O–H groups in total. The highest BCUT2D eigenvalue weighted by molar-refractivity contribution is 5.71. The Morgan fingerprint density at radius 2 is 1.98 bits per heavy atom. The van der Waals surface area contributed by atoms with Gasteiger partial charge in [0.1, 0.15) is 11.4 Å². The van der Waals surface area contributed by atoms with Crippen LogP contribution >= 0.6 is 0 Å². The number of fused-ring (bicyclic) bond motifs is 1. The van der Waals surface area contributed by atoms with Crippen molar-refractivity contribution in [1.29, 1.82) is 0 Å². The maximum absolute atomic E-state index is 13.2. The largest absolute Gasteiger partial charge is 0.460 e. The van der Waals surface area contributed by atoms with Crippen molar-refractivity contribution in [1.82, 2.24) is 19.7 Å². The van der Waals surface area contributed by atoms with Crippen LogP contribution < -0.4 is 10.2 Å². The summed E-state index contributed by atoms with van der Waals surface area (Å²) in [7, 11) is 0. The standard InChI is InChI=1S/C35H48N6O3/c1-35(2,3)44-33(42)22-29(28-20-31(40-16-18-43-19-17-40)23-32(21-28)41-14-5-13-37-41)25-39-15-11-26(24-39)7-9-30-10-8-27-6-4-12-36-34(27)38-30/h5,8,10,13-14,20-21,23,26,29H,4,6-7,9,11-12,15-19,22,24-25H2,1-3H3,(H,36,38). The Hall–Kier alpha value is -3.43. The molecule has 2 unspecified atom stereocenters. The number of esters is 1. The summed E-state index contributed by atoms with van der Waals surface area (Å²) in [4.78, 5) is 23.1. The molecule has 1 aromatic carbocycles. The molecule has 5 heterocycles. The molecular weight excluding hydrogens is 552 g/mol. The molecule has 0 aliphatic carbocycles. The van der Waals surface area contributed by atoms with Crippen LogP contribution in [-0.4, -0.2) is 83.7 Å². The smallest absolute Gasteiger partial charge is 0.306 e. The Labute approximate surface area is 261 Å². The zero-order valence-electron chi connectivity index (χ0n) is 26.6. The van der Waals surface area contributed by atoms with Crippen LogP contribution in [0.3, 0.4) is 0 Å². The van der Waals surface area contributed by atoms with Gasteiger partial charge in [0.25, 0.3) is 0 Å². The number of carbonyl (C=O) groups excluding carboxylic acids is 1. The predicted molar refractivity (Wildman–Crippen MR) is 174 cm³/mol. The van der Waals surface area contributed by atoms with E-state index in [1.165, 1.54) is 24.1 Å². The summed E-state index contributed by atoms with van der Waals surface area (Å²) in [6, 6.07) is 13.1. The molecule has 0 saturated carbocycles. The summed E-state index contributed by atoms with van der Waals surface area (Å²) >= 11 is 0. The Morgan fingerprint density at radius 3 is 2.77 bits per heavy atom. The molecular formula is C35H48N6O3. The van der Waals surface area contributed by atoms with E-state index in [9.17, 15) is 4.79 Å². The van der Waals surface area contributed by atoms with Crippen LogP contribution in [-0.2, 0) is 27.1 Å². The number of morpholine rings is 1. The number of pyridine rings is 1. The first-order valence-corrected chi connectivity index (χ1v) is 16.4. The fourth-order valence-corrected chi connectivity index (χ4v) is 6.77. The van der Waals surface area contributed by atoms with Crippen LogP contribution in [0.15, 0.2) is 48.8 Å². The Morgan fingerprint density at radius 1 is 1.14 bits per heavy atom. The second-order valence-electron chi connectivity index (χ2n) is 13.6. The van der Waals surface area contributed by atoms with Crippen molar-refractivity contribution in [2.24, 2.45) is 5.92 Å². The third-order valence-electron chi connectivity index (χ3n) is 8.98. The first-order valence-electron chi connectivity index (χ1n) is 16.4. The molecule has 9 heteroatoms. The lowest BCUT2D eigenvalue weighted by molar-refractivity contribution is -0.155. The van der Waals surface area contributed by atoms with Crippen LogP contribution in [0.25, 0.3) is 5.69 Å². The first kappa shape index (κ1) is 30.6. The van der Waals surface area contributed by atoms with Crippen molar-refractivity contribution >= 4 is 17.5 Å². The number of rotatable bonds is 10. The number of benzene rings is 1. The topological polar surface area (TPSA) is 84.8 Å². The van der Waals surface area contributed by atoms with Gasteiger partial charge in [-0.1, -0.05) is 6.07 Å². The van der Waals surface area contributed by atoms with Gasteiger partial charge in [0.15, 0.2) is 0 Å². The number of hydrogen-bond acceptors (Lipinski definition) is 8. The van der Waals surface area contributed by atoms with Gasteiger partial charge >= 0.3 is 5.97 Å². The normalized spacial score (nSPS) is 19.8. The van der Waals surface area contributed by atoms with E-state index in [0.717, 1.165) is 94.5 Å². The molecule has 9 nitrogen and oxygen atoms in total. The van der Waals surface area contributed by atoms with Crippen LogP contribution in [0, 0.1) is 5.92 Å². The maximum Gasteiger partial charge on any atom is 0.306 e. The molecule has 2 saturated heterocycles. The van der Waals surface area contributed by atoms with E-state index in [-0.39, 0.29) is 11.9 Å². The van der Waals surface area contributed by atoms with E-state index in [4.69, 9.17) is 14.5 Å². The van der Waals surface area contributed by atoms with Crippen molar-refractivity contribution < 1.29 is 14.3 Å². The Balaban J connectivity index is 1.18. The van der Waals surface area contributed by atoms with Crippen molar-refractivity contribution in [3.05, 3.63) is 65.6 Å². The van der Waals surface area contributed by atoms with Crippen LogP contribution in [0.2, 0.25) is 0 Å². The molecule has 0 radical (unpaired) electrons. The van der Waals surface area contributed by atoms with Crippen LogP contribution in [0.5, 0.6) is 0 Å². The monoisotopic (exact) mass is 600 g/mol. The molecule has 3 aliphatic rings.